The fourth-order valence-corrected chi connectivity index (χ4v) is 3.53. The number of carbonyl (C=O) groups is 1. The van der Waals surface area contributed by atoms with Crippen LogP contribution in [0.5, 0.6) is 11.5 Å². The minimum Gasteiger partial charge on any atom is -0.454 e. The van der Waals surface area contributed by atoms with Gasteiger partial charge in [0.2, 0.25) is 6.79 Å². The summed E-state index contributed by atoms with van der Waals surface area (Å²) in [5, 5.41) is 0.581. The summed E-state index contributed by atoms with van der Waals surface area (Å²) in [4.78, 5) is 19.3. The van der Waals surface area contributed by atoms with Gasteiger partial charge in [0.1, 0.15) is 5.84 Å². The van der Waals surface area contributed by atoms with Crippen LogP contribution in [-0.4, -0.2) is 18.5 Å². The fourth-order valence-electron chi connectivity index (χ4n) is 3.41. The molecule has 0 saturated heterocycles. The van der Waals surface area contributed by atoms with E-state index in [1.165, 1.54) is 0 Å². The Balaban J connectivity index is 1.57. The van der Waals surface area contributed by atoms with E-state index in [2.05, 4.69) is 4.99 Å². The van der Waals surface area contributed by atoms with E-state index in [1.807, 2.05) is 47.4 Å². The van der Waals surface area contributed by atoms with Crippen LogP contribution in [0.3, 0.4) is 0 Å². The van der Waals surface area contributed by atoms with Crippen LogP contribution in [0.1, 0.15) is 21.5 Å². The maximum absolute atomic E-state index is 12.8. The monoisotopic (exact) mass is 390 g/mol. The molecule has 0 fully saturated rings. The van der Waals surface area contributed by atoms with Gasteiger partial charge in [-0.15, -0.1) is 0 Å². The molecule has 0 atom stereocenters. The van der Waals surface area contributed by atoms with E-state index in [-0.39, 0.29) is 12.7 Å². The van der Waals surface area contributed by atoms with E-state index in [9.17, 15) is 4.79 Å². The Hall–Kier alpha value is -3.31. The van der Waals surface area contributed by atoms with E-state index < -0.39 is 0 Å². The van der Waals surface area contributed by atoms with E-state index in [0.717, 1.165) is 22.6 Å². The zero-order chi connectivity index (χ0) is 19.1. The number of amides is 1. The normalized spacial score (nSPS) is 15.8. The van der Waals surface area contributed by atoms with E-state index >= 15 is 0 Å². The SMILES string of the molecule is O=C(N=C1c2ccccc2CN1c1ccc2c(c1)OCO2)c1ccc(Cl)cc1. The Kier molecular flexibility index (Phi) is 4.02. The molecule has 1 amide bonds. The number of aliphatic imine (C=N–C) groups is 1. The molecule has 138 valence electrons. The Morgan fingerprint density at radius 2 is 1.75 bits per heavy atom. The lowest BCUT2D eigenvalue weighted by atomic mass is 10.1. The largest absolute Gasteiger partial charge is 0.454 e. The molecule has 0 unspecified atom stereocenters. The van der Waals surface area contributed by atoms with Gasteiger partial charge in [-0.3, -0.25) is 4.79 Å². The molecule has 2 aliphatic heterocycles. The average molecular weight is 391 g/mol. The van der Waals surface area contributed by atoms with Gasteiger partial charge in [-0.05, 0) is 42.0 Å². The Morgan fingerprint density at radius 1 is 0.964 bits per heavy atom. The molecule has 2 aliphatic rings. The maximum Gasteiger partial charge on any atom is 0.278 e. The molecule has 3 aromatic carbocycles. The van der Waals surface area contributed by atoms with Crippen molar-refractivity contribution in [2.75, 3.05) is 11.7 Å². The third kappa shape index (κ3) is 2.90. The molecule has 0 N–H and O–H groups in total. The predicted octanol–water partition coefficient (Wildman–Crippen LogP) is 4.68. The van der Waals surface area contributed by atoms with Gasteiger partial charge in [0.15, 0.2) is 11.5 Å². The van der Waals surface area contributed by atoms with Crippen molar-refractivity contribution in [1.29, 1.82) is 0 Å². The van der Waals surface area contributed by atoms with Crippen LogP contribution in [0, 0.1) is 0 Å². The Bertz CT molecular complexity index is 1110. The number of hydrogen-bond acceptors (Lipinski definition) is 3. The van der Waals surface area contributed by atoms with Crippen molar-refractivity contribution >= 4 is 29.0 Å². The highest BCUT2D eigenvalue weighted by Gasteiger charge is 2.28. The number of amidine groups is 1. The minimum atomic E-state index is -0.311. The molecule has 28 heavy (non-hydrogen) atoms. The molecule has 0 bridgehead atoms. The lowest BCUT2D eigenvalue weighted by Crippen LogP contribution is -2.25. The number of hydrogen-bond donors (Lipinski definition) is 0. The first-order valence-electron chi connectivity index (χ1n) is 8.83. The molecule has 0 aliphatic carbocycles. The summed E-state index contributed by atoms with van der Waals surface area (Å²) < 4.78 is 10.9. The molecule has 0 radical (unpaired) electrons. The van der Waals surface area contributed by atoms with Gasteiger partial charge >= 0.3 is 0 Å². The van der Waals surface area contributed by atoms with E-state index in [4.69, 9.17) is 21.1 Å². The number of nitrogens with zero attached hydrogens (tertiary/aromatic N) is 2. The summed E-state index contributed by atoms with van der Waals surface area (Å²) in [6, 6.07) is 20.4. The van der Waals surface area contributed by atoms with Crippen LogP contribution >= 0.6 is 11.6 Å². The summed E-state index contributed by atoms with van der Waals surface area (Å²) in [5.74, 6) is 1.72. The highest BCUT2D eigenvalue weighted by molar-refractivity contribution is 6.30. The van der Waals surface area contributed by atoms with Crippen molar-refractivity contribution in [3.8, 4) is 11.5 Å². The van der Waals surface area contributed by atoms with Crippen molar-refractivity contribution in [3.05, 3.63) is 88.4 Å². The molecule has 5 nitrogen and oxygen atoms in total. The van der Waals surface area contributed by atoms with Gasteiger partial charge in [-0.2, -0.15) is 4.99 Å². The summed E-state index contributed by atoms with van der Waals surface area (Å²) in [7, 11) is 0. The van der Waals surface area contributed by atoms with Crippen molar-refractivity contribution < 1.29 is 14.3 Å². The van der Waals surface area contributed by atoms with Crippen LogP contribution in [0.4, 0.5) is 5.69 Å². The van der Waals surface area contributed by atoms with Gasteiger partial charge in [-0.25, -0.2) is 0 Å². The second-order valence-corrected chi connectivity index (χ2v) is 6.96. The molecular formula is C22H15ClN2O3. The molecule has 0 saturated carbocycles. The Morgan fingerprint density at radius 3 is 2.61 bits per heavy atom. The van der Waals surface area contributed by atoms with Gasteiger partial charge < -0.3 is 14.4 Å². The highest BCUT2D eigenvalue weighted by Crippen LogP contribution is 2.38. The van der Waals surface area contributed by atoms with E-state index in [0.29, 0.717) is 28.7 Å². The van der Waals surface area contributed by atoms with Crippen molar-refractivity contribution in [2.24, 2.45) is 4.99 Å². The molecule has 0 aromatic heterocycles. The quantitative estimate of drug-likeness (QED) is 0.637. The van der Waals surface area contributed by atoms with Crippen LogP contribution in [0.15, 0.2) is 71.7 Å². The van der Waals surface area contributed by atoms with Gasteiger partial charge in [0.25, 0.3) is 5.91 Å². The summed E-state index contributed by atoms with van der Waals surface area (Å²) >= 11 is 5.93. The topological polar surface area (TPSA) is 51.1 Å². The second kappa shape index (κ2) is 6.69. The third-order valence-corrected chi connectivity index (χ3v) is 5.06. The smallest absolute Gasteiger partial charge is 0.278 e. The molecule has 0 spiro atoms. The standard InChI is InChI=1S/C22H15ClN2O3/c23-16-7-5-14(6-8-16)22(26)24-21-18-4-2-1-3-15(18)12-25(21)17-9-10-19-20(11-17)28-13-27-19/h1-11H,12-13H2. The Labute approximate surface area is 166 Å². The lowest BCUT2D eigenvalue weighted by molar-refractivity contribution is 0.100. The first-order chi connectivity index (χ1) is 13.7. The number of carbonyl (C=O) groups excluding carboxylic acids is 1. The molecule has 6 heteroatoms. The predicted molar refractivity (Wildman–Crippen MR) is 108 cm³/mol. The number of halogens is 1. The van der Waals surface area contributed by atoms with E-state index in [1.54, 1.807) is 24.3 Å². The number of anilines is 1. The van der Waals surface area contributed by atoms with Crippen molar-refractivity contribution in [2.45, 2.75) is 6.54 Å². The third-order valence-electron chi connectivity index (χ3n) is 4.81. The summed E-state index contributed by atoms with van der Waals surface area (Å²) in [6.45, 7) is 0.845. The zero-order valence-electron chi connectivity index (χ0n) is 14.8. The zero-order valence-corrected chi connectivity index (χ0v) is 15.5. The molecule has 3 aromatic rings. The summed E-state index contributed by atoms with van der Waals surface area (Å²) in [6.07, 6.45) is 0. The maximum atomic E-state index is 12.8. The van der Waals surface area contributed by atoms with Gasteiger partial charge in [0, 0.05) is 27.9 Å². The number of fused-ring (bicyclic) bond motifs is 2. The van der Waals surface area contributed by atoms with Gasteiger partial charge in [0.05, 0.1) is 6.54 Å². The first kappa shape index (κ1) is 16.8. The molecule has 2 heterocycles. The first-order valence-corrected chi connectivity index (χ1v) is 9.21. The molecular weight excluding hydrogens is 376 g/mol. The highest BCUT2D eigenvalue weighted by atomic mass is 35.5. The minimum absolute atomic E-state index is 0.217. The van der Waals surface area contributed by atoms with Crippen LogP contribution < -0.4 is 14.4 Å². The lowest BCUT2D eigenvalue weighted by Gasteiger charge is -2.19. The number of benzene rings is 3. The van der Waals surface area contributed by atoms with Crippen LogP contribution in [0.25, 0.3) is 0 Å². The van der Waals surface area contributed by atoms with Crippen molar-refractivity contribution in [3.63, 3.8) is 0 Å². The summed E-state index contributed by atoms with van der Waals surface area (Å²) in [5.41, 5.74) is 3.44. The molecule has 5 rings (SSSR count). The number of ether oxygens (including phenoxy) is 2. The van der Waals surface area contributed by atoms with Gasteiger partial charge in [-0.1, -0.05) is 35.9 Å². The van der Waals surface area contributed by atoms with Crippen molar-refractivity contribution in [1.82, 2.24) is 0 Å². The van der Waals surface area contributed by atoms with Crippen LogP contribution in [-0.2, 0) is 6.54 Å². The van der Waals surface area contributed by atoms with Crippen LogP contribution in [0.2, 0.25) is 5.02 Å². The number of rotatable bonds is 2. The average Bonchev–Trinajstić information content (AvgIpc) is 3.32. The second-order valence-electron chi connectivity index (χ2n) is 6.53. The fraction of sp³-hybridized carbons (Fsp3) is 0.0909.